The van der Waals surface area contributed by atoms with Crippen molar-refractivity contribution in [2.24, 2.45) is 0 Å². The molecule has 9 aliphatic rings. The molecule has 140 heavy (non-hydrogen) atoms. The van der Waals surface area contributed by atoms with Crippen LogP contribution in [0.4, 0.5) is 0 Å². The Labute approximate surface area is 814 Å². The molecule has 0 aromatic heterocycles. The van der Waals surface area contributed by atoms with Crippen LogP contribution in [0.2, 0.25) is 0 Å². The highest BCUT2D eigenvalue weighted by molar-refractivity contribution is 5.76. The second-order valence-electron chi connectivity index (χ2n) is 38.3. The van der Waals surface area contributed by atoms with E-state index < -0.39 is 346 Å². The summed E-state index contributed by atoms with van der Waals surface area (Å²) in [5.74, 6) is -2.38. The lowest BCUT2D eigenvalue weighted by Crippen LogP contribution is -2.72. The van der Waals surface area contributed by atoms with Gasteiger partial charge >= 0.3 is 0 Å². The fraction of sp³-hybridized carbons (Fsp3) is 0.946. The summed E-state index contributed by atoms with van der Waals surface area (Å²) < 4.78 is 110. The largest absolute Gasteiger partial charge is 0.394 e. The van der Waals surface area contributed by atoms with E-state index in [9.17, 15) is 137 Å². The second-order valence-corrected chi connectivity index (χ2v) is 38.3. The number of hydrogen-bond donors (Lipinski definition) is 27. The molecule has 47 atom stereocenters. The van der Waals surface area contributed by atoms with Gasteiger partial charge in [-0.15, -0.1) is 0 Å². The first-order chi connectivity index (χ1) is 66.9. The molecule has 9 saturated heterocycles. The van der Waals surface area contributed by atoms with Crippen LogP contribution in [0.3, 0.4) is 0 Å². The molecule has 48 nitrogen and oxygen atoms in total. The maximum atomic E-state index is 13.8. The summed E-state index contributed by atoms with van der Waals surface area (Å²) in [4.78, 5) is 41.1. The summed E-state index contributed by atoms with van der Waals surface area (Å²) in [5, 5.41) is 282. The normalized spacial score (nSPS) is 42.1. The lowest BCUT2D eigenvalue weighted by Gasteiger charge is -2.53. The van der Waals surface area contributed by atoms with Gasteiger partial charge in [0.05, 0.1) is 76.7 Å². The van der Waals surface area contributed by atoms with Crippen molar-refractivity contribution in [1.82, 2.24) is 16.0 Å². The molecule has 2 unspecified atom stereocenters. The number of aliphatic hydroxyl groups excluding tert-OH is 24. The molecular formula is C92H163N3O45. The Morgan fingerprint density at radius 3 is 0.971 bits per heavy atom. The number of hydrogen-bond acceptors (Lipinski definition) is 45. The molecule has 0 bridgehead atoms. The van der Waals surface area contributed by atoms with Crippen LogP contribution < -0.4 is 16.0 Å². The summed E-state index contributed by atoms with van der Waals surface area (Å²) in [6, 6.07) is -5.21. The highest BCUT2D eigenvalue weighted by Gasteiger charge is 2.62. The van der Waals surface area contributed by atoms with Crippen molar-refractivity contribution >= 4 is 17.7 Å². The molecule has 9 fully saturated rings. The maximum Gasteiger partial charge on any atom is 0.220 e. The van der Waals surface area contributed by atoms with Crippen molar-refractivity contribution in [1.29, 1.82) is 0 Å². The van der Waals surface area contributed by atoms with Crippen LogP contribution in [0.5, 0.6) is 0 Å². The van der Waals surface area contributed by atoms with E-state index in [1.54, 1.807) is 6.08 Å². The minimum Gasteiger partial charge on any atom is -0.394 e. The summed E-state index contributed by atoms with van der Waals surface area (Å²) in [6.45, 7) is 2.68. The van der Waals surface area contributed by atoms with Crippen LogP contribution in [-0.2, 0) is 99.6 Å². The number of aliphatic hydroxyl groups is 24. The number of allylic oxidation sites excluding steroid dienone is 1. The van der Waals surface area contributed by atoms with Crippen LogP contribution >= 0.6 is 0 Å². The van der Waals surface area contributed by atoms with Crippen LogP contribution in [0, 0.1) is 0 Å². The van der Waals surface area contributed by atoms with Gasteiger partial charge in [0, 0.05) is 20.3 Å². The summed E-state index contributed by atoms with van der Waals surface area (Å²) in [5.41, 5.74) is 0. The van der Waals surface area contributed by atoms with Gasteiger partial charge in [-0.2, -0.15) is 0 Å². The van der Waals surface area contributed by atoms with Crippen LogP contribution in [-0.4, -0.2) is 475 Å². The first-order valence-corrected chi connectivity index (χ1v) is 50.1. The Balaban J connectivity index is 0.950. The van der Waals surface area contributed by atoms with E-state index in [1.165, 1.54) is 111 Å². The molecule has 48 heteroatoms. The van der Waals surface area contributed by atoms with E-state index in [2.05, 4.69) is 29.8 Å². The molecule has 0 saturated carbocycles. The zero-order valence-electron chi connectivity index (χ0n) is 80.9. The molecule has 9 rings (SSSR count). The molecule has 0 aromatic rings. The summed E-state index contributed by atoms with van der Waals surface area (Å²) in [6.07, 6.45) is -57.6. The highest BCUT2D eigenvalue weighted by Crippen LogP contribution is 2.42. The molecule has 0 aliphatic carbocycles. The Bertz CT molecular complexity index is 3510. The highest BCUT2D eigenvalue weighted by atomic mass is 16.8. The van der Waals surface area contributed by atoms with Crippen molar-refractivity contribution in [3.8, 4) is 0 Å². The average molecular weight is 2030 g/mol. The Morgan fingerprint density at radius 1 is 0.293 bits per heavy atom. The van der Waals surface area contributed by atoms with E-state index in [4.69, 9.17) is 85.3 Å². The number of unbranched alkanes of at least 4 members (excludes halogenated alkanes) is 23. The summed E-state index contributed by atoms with van der Waals surface area (Å²) in [7, 11) is 0. The fourth-order valence-corrected chi connectivity index (χ4v) is 19.0. The van der Waals surface area contributed by atoms with Gasteiger partial charge in [-0.25, -0.2) is 0 Å². The van der Waals surface area contributed by atoms with Gasteiger partial charge in [-0.3, -0.25) is 14.4 Å². The zero-order valence-corrected chi connectivity index (χ0v) is 80.9. The van der Waals surface area contributed by atoms with E-state index in [-0.39, 0.29) is 12.3 Å². The molecule has 816 valence electrons. The molecule has 3 amide bonds. The predicted octanol–water partition coefficient (Wildman–Crippen LogP) is -6.65. The van der Waals surface area contributed by atoms with Gasteiger partial charge in [-0.1, -0.05) is 167 Å². The van der Waals surface area contributed by atoms with E-state index in [0.717, 1.165) is 71.6 Å². The minimum atomic E-state index is -2.51. The molecule has 9 heterocycles. The van der Waals surface area contributed by atoms with Gasteiger partial charge in [0.15, 0.2) is 56.6 Å². The van der Waals surface area contributed by atoms with Crippen molar-refractivity contribution < 1.29 is 222 Å². The zero-order chi connectivity index (χ0) is 102. The van der Waals surface area contributed by atoms with E-state index in [1.807, 2.05) is 6.08 Å². The number of nitrogens with one attached hydrogen (secondary N) is 3. The SMILES string of the molecule is CCCCCCCCCCCCC/C=C/[C@@H](O)[C@H](COC1O[C@H](CO)[C@@H](O[C@@H]2O[C@H](CO)[C@H](O)[C@H](O[C@@H]3O[C@H](CO)[C@@H](O[C@@H]4O[C@H](CO)[C@H](O)[C@H](O[C@@H]5O[C@H](CO)[C@@H](O[C@@H]6O[C@H](CO)[C@H](O)[C@H](O)[C@H]6O[C@@H]6O[C@@H](C)[C@@H](O)[C@@H](O)[C@@H]6O)[C@@H](O[C@@H]6O[C@@H](C)[C@@H](O)[C@@H](O)[C@@H]6O)[C@H]5NC(C)=O)[C@H]4O)[C@@H](O[C@@H]4O[C@@H](C)[C@@H](O)[C@@H](O)[C@@H]4O)[C@H]3NC(C)=O)[C@H]2O)C(O)[C@H]1O)NC(=O)CCCCCCCCCCCCCCC. The number of amides is 3. The first kappa shape index (κ1) is 120. The second kappa shape index (κ2) is 59.8. The molecule has 0 aromatic carbocycles. The van der Waals surface area contributed by atoms with Crippen LogP contribution in [0.1, 0.15) is 215 Å². The third-order valence-corrected chi connectivity index (χ3v) is 27.5. The standard InChI is InChI=1S/C92H163N3O45/c1-8-10-12-14-16-18-20-22-24-26-28-30-32-34-49(104)48(95-56(105)35-33-31-29-27-25-23-21-19-17-15-13-11-9-2)42-123-86-73(120)69(116)76(53(39-99)132-86)133-90-74(121)81(63(110)51(37-97)127-90)138-84-57(93-46(6)102)79(136-87-70(117)65(112)59(106)43(3)124-87)77(54(40-100)130-84)134-91-75(122)82(64(111)52(38-98)128-91)139-85-58(94-47(7)103)80(137-88-71(118)66(113)60(107)44(4)125-88)78(55(41-101)131-85)135-92-83(68(115)62(109)50(36-96)129-92)140-89-72(119)67(114)61(108)45(5)126-89/h32,34,43-45,48-55,57-92,96-101,104,106-122H,8-31,33,35-42H2,1-7H3,(H,93,102)(H,94,103)(H,95,105)/b34-32+/t43-,44-,45-,48-,49+,50+,51+,52+,53+,54+,55+,57+,58+,59+,60+,61+,62-,63-,64-,65+,66+,67+,68-,69?,70-,71-,72-,73+,74+,75+,76+,77+,78+,79-,80-,81-,82-,83+,84-,85-,86?,87-,88-,89-,90-,91-,92-/m0/s1. The van der Waals surface area contributed by atoms with E-state index in [0.29, 0.717) is 12.8 Å². The number of carbonyl (C=O) groups excluding carboxylic acids is 3. The average Bonchev–Trinajstić information content (AvgIpc) is 0.755. The van der Waals surface area contributed by atoms with Gasteiger partial charge in [0.1, 0.15) is 201 Å². The van der Waals surface area contributed by atoms with Crippen molar-refractivity contribution in [2.75, 3.05) is 46.2 Å². The van der Waals surface area contributed by atoms with Crippen molar-refractivity contribution in [2.45, 2.75) is 504 Å². The van der Waals surface area contributed by atoms with E-state index >= 15 is 0 Å². The van der Waals surface area contributed by atoms with Crippen molar-refractivity contribution in [3.63, 3.8) is 0 Å². The Morgan fingerprint density at radius 2 is 0.586 bits per heavy atom. The first-order valence-electron chi connectivity index (χ1n) is 50.1. The third kappa shape index (κ3) is 32.5. The third-order valence-electron chi connectivity index (χ3n) is 27.5. The smallest absolute Gasteiger partial charge is 0.220 e. The fourth-order valence-electron chi connectivity index (χ4n) is 19.0. The lowest BCUT2D eigenvalue weighted by molar-refractivity contribution is -0.404. The monoisotopic (exact) mass is 2030 g/mol. The number of carbonyl (C=O) groups is 3. The van der Waals surface area contributed by atoms with Gasteiger partial charge in [-0.05, 0) is 40.0 Å². The van der Waals surface area contributed by atoms with Gasteiger partial charge in [0.2, 0.25) is 17.7 Å². The summed E-state index contributed by atoms with van der Waals surface area (Å²) >= 11 is 0. The number of rotatable bonds is 56. The topological polar surface area (TPSA) is 739 Å². The molecule has 0 radical (unpaired) electrons. The molecule has 9 aliphatic heterocycles. The Kier molecular flexibility index (Phi) is 51.2. The van der Waals surface area contributed by atoms with Crippen LogP contribution in [0.15, 0.2) is 12.2 Å². The lowest BCUT2D eigenvalue weighted by atomic mass is 9.93. The van der Waals surface area contributed by atoms with Crippen molar-refractivity contribution in [3.05, 3.63) is 12.2 Å². The molecule has 0 spiro atoms. The Hall–Kier alpha value is -3.53. The molecule has 27 N–H and O–H groups in total. The van der Waals surface area contributed by atoms with Gasteiger partial charge < -0.3 is 224 Å². The predicted molar refractivity (Wildman–Crippen MR) is 478 cm³/mol. The minimum absolute atomic E-state index is 0.132. The maximum absolute atomic E-state index is 13.8. The quantitative estimate of drug-likeness (QED) is 0.0199. The van der Waals surface area contributed by atoms with Crippen LogP contribution in [0.25, 0.3) is 0 Å². The van der Waals surface area contributed by atoms with Gasteiger partial charge in [0.25, 0.3) is 0 Å². The number of ether oxygens (including phenoxy) is 18. The molecular weight excluding hydrogens is 1870 g/mol.